The number of aromatic nitrogens is 2. The Labute approximate surface area is 110 Å². The van der Waals surface area contributed by atoms with Crippen LogP contribution in [0.25, 0.3) is 22.3 Å². The van der Waals surface area contributed by atoms with Crippen molar-refractivity contribution in [2.75, 3.05) is 0 Å². The highest BCUT2D eigenvalue weighted by Gasteiger charge is 2.10. The number of phenols is 2. The van der Waals surface area contributed by atoms with Crippen molar-refractivity contribution in [1.82, 2.24) is 9.97 Å². The average Bonchev–Trinajstić information content (AvgIpc) is 2.38. The topological polar surface area (TPSA) is 66.2 Å². The molecule has 3 rings (SSSR count). The molecule has 0 fully saturated rings. The molecule has 0 atom stereocenters. The molecule has 0 saturated heterocycles. The molecule has 0 unspecified atom stereocenters. The zero-order chi connectivity index (χ0) is 13.4. The van der Waals surface area contributed by atoms with Crippen LogP contribution in [0.1, 0.15) is 5.69 Å². The predicted molar refractivity (Wildman–Crippen MR) is 73.0 cm³/mol. The molecule has 0 amide bonds. The van der Waals surface area contributed by atoms with Gasteiger partial charge >= 0.3 is 0 Å². The lowest BCUT2D eigenvalue weighted by molar-refractivity contribution is 0.451. The highest BCUT2D eigenvalue weighted by molar-refractivity contribution is 5.83. The maximum Gasteiger partial charge on any atom is 0.163 e. The van der Waals surface area contributed by atoms with E-state index in [9.17, 15) is 10.2 Å². The molecular formula is C15H12N2O2. The summed E-state index contributed by atoms with van der Waals surface area (Å²) in [5.74, 6) is 0.433. The van der Waals surface area contributed by atoms with Gasteiger partial charge in [0.2, 0.25) is 0 Å². The van der Waals surface area contributed by atoms with E-state index >= 15 is 0 Å². The van der Waals surface area contributed by atoms with E-state index in [1.54, 1.807) is 6.07 Å². The molecule has 0 bridgehead atoms. The van der Waals surface area contributed by atoms with Gasteiger partial charge in [0, 0.05) is 17.1 Å². The fourth-order valence-electron chi connectivity index (χ4n) is 2.06. The van der Waals surface area contributed by atoms with Crippen LogP contribution in [0.3, 0.4) is 0 Å². The fraction of sp³-hybridized carbons (Fsp3) is 0.0667. The summed E-state index contributed by atoms with van der Waals surface area (Å²) >= 11 is 0. The van der Waals surface area contributed by atoms with Crippen molar-refractivity contribution in [2.45, 2.75) is 6.92 Å². The standard InChI is InChI=1S/C15H12N2O2/c1-9-11-4-2-3-5-13(11)17-15(16-9)12-7-6-10(18)8-14(12)19/h2-8,18-19H,1H3. The van der Waals surface area contributed by atoms with Gasteiger partial charge in [0.1, 0.15) is 11.5 Å². The van der Waals surface area contributed by atoms with E-state index in [4.69, 9.17) is 0 Å². The molecule has 0 saturated carbocycles. The van der Waals surface area contributed by atoms with Gasteiger partial charge in [-0.1, -0.05) is 18.2 Å². The summed E-state index contributed by atoms with van der Waals surface area (Å²) in [6, 6.07) is 12.1. The highest BCUT2D eigenvalue weighted by atomic mass is 16.3. The van der Waals surface area contributed by atoms with E-state index in [2.05, 4.69) is 9.97 Å². The first-order chi connectivity index (χ1) is 9.15. The minimum atomic E-state index is -0.0327. The number of nitrogens with zero attached hydrogens (tertiary/aromatic N) is 2. The van der Waals surface area contributed by atoms with Gasteiger partial charge in [0.15, 0.2) is 5.82 Å². The molecule has 0 radical (unpaired) electrons. The van der Waals surface area contributed by atoms with Crippen LogP contribution in [0.4, 0.5) is 0 Å². The SMILES string of the molecule is Cc1nc(-c2ccc(O)cc2O)nc2ccccc12. The Balaban J connectivity index is 2.25. The van der Waals surface area contributed by atoms with Crippen LogP contribution < -0.4 is 0 Å². The van der Waals surface area contributed by atoms with Gasteiger partial charge < -0.3 is 10.2 Å². The summed E-state index contributed by atoms with van der Waals surface area (Å²) < 4.78 is 0. The van der Waals surface area contributed by atoms with Crippen molar-refractivity contribution >= 4 is 10.9 Å². The summed E-state index contributed by atoms with van der Waals surface area (Å²) in [6.45, 7) is 1.91. The summed E-state index contributed by atoms with van der Waals surface area (Å²) in [5.41, 5.74) is 2.19. The van der Waals surface area contributed by atoms with Crippen molar-refractivity contribution in [2.24, 2.45) is 0 Å². The van der Waals surface area contributed by atoms with Crippen molar-refractivity contribution in [3.8, 4) is 22.9 Å². The number of rotatable bonds is 1. The van der Waals surface area contributed by atoms with Crippen molar-refractivity contribution < 1.29 is 10.2 Å². The fourth-order valence-corrected chi connectivity index (χ4v) is 2.06. The molecule has 0 aliphatic carbocycles. The molecule has 2 N–H and O–H groups in total. The minimum Gasteiger partial charge on any atom is -0.508 e. The Bertz CT molecular complexity index is 769. The summed E-state index contributed by atoms with van der Waals surface area (Å²) in [6.07, 6.45) is 0. The van der Waals surface area contributed by atoms with Gasteiger partial charge in [-0.05, 0) is 25.1 Å². The summed E-state index contributed by atoms with van der Waals surface area (Å²) in [4.78, 5) is 8.85. The van der Waals surface area contributed by atoms with Crippen molar-refractivity contribution in [3.05, 3.63) is 48.2 Å². The Hall–Kier alpha value is -2.62. The number of benzene rings is 2. The highest BCUT2D eigenvalue weighted by Crippen LogP contribution is 2.31. The van der Waals surface area contributed by atoms with Gasteiger partial charge in [-0.2, -0.15) is 0 Å². The second-order valence-electron chi connectivity index (χ2n) is 4.35. The first kappa shape index (κ1) is 11.5. The van der Waals surface area contributed by atoms with Crippen LogP contribution in [0.5, 0.6) is 11.5 Å². The van der Waals surface area contributed by atoms with Crippen LogP contribution in [0.2, 0.25) is 0 Å². The molecule has 1 heterocycles. The van der Waals surface area contributed by atoms with Crippen molar-refractivity contribution in [1.29, 1.82) is 0 Å². The van der Waals surface area contributed by atoms with Crippen LogP contribution in [0.15, 0.2) is 42.5 Å². The minimum absolute atomic E-state index is 0.0127. The first-order valence-electron chi connectivity index (χ1n) is 5.91. The van der Waals surface area contributed by atoms with E-state index in [0.29, 0.717) is 11.4 Å². The molecule has 3 aromatic rings. The quantitative estimate of drug-likeness (QED) is 0.698. The predicted octanol–water partition coefficient (Wildman–Crippen LogP) is 3.02. The summed E-state index contributed by atoms with van der Waals surface area (Å²) in [7, 11) is 0. The Morgan fingerprint density at radius 1 is 0.947 bits per heavy atom. The van der Waals surface area contributed by atoms with Gasteiger partial charge in [-0.15, -0.1) is 0 Å². The lowest BCUT2D eigenvalue weighted by atomic mass is 10.1. The third-order valence-corrected chi connectivity index (χ3v) is 3.02. The van der Waals surface area contributed by atoms with E-state index in [1.165, 1.54) is 12.1 Å². The maximum absolute atomic E-state index is 9.87. The van der Waals surface area contributed by atoms with Gasteiger partial charge in [0.25, 0.3) is 0 Å². The molecule has 0 spiro atoms. The Kier molecular flexibility index (Phi) is 2.56. The van der Waals surface area contributed by atoms with Gasteiger partial charge in [0.05, 0.1) is 11.1 Å². The molecule has 1 aromatic heterocycles. The summed E-state index contributed by atoms with van der Waals surface area (Å²) in [5, 5.41) is 20.2. The zero-order valence-electron chi connectivity index (χ0n) is 10.3. The van der Waals surface area contributed by atoms with Crippen LogP contribution in [0, 0.1) is 6.92 Å². The van der Waals surface area contributed by atoms with Crippen LogP contribution >= 0.6 is 0 Å². The molecule has 94 valence electrons. The number of aryl methyl sites for hydroxylation is 1. The number of hydrogen-bond donors (Lipinski definition) is 2. The molecule has 4 heteroatoms. The van der Waals surface area contributed by atoms with E-state index in [-0.39, 0.29) is 11.5 Å². The number of hydrogen-bond acceptors (Lipinski definition) is 4. The van der Waals surface area contributed by atoms with E-state index < -0.39 is 0 Å². The molecule has 0 aliphatic heterocycles. The van der Waals surface area contributed by atoms with Gasteiger partial charge in [-0.3, -0.25) is 0 Å². The lowest BCUT2D eigenvalue weighted by Gasteiger charge is -2.07. The van der Waals surface area contributed by atoms with Gasteiger partial charge in [-0.25, -0.2) is 9.97 Å². The monoisotopic (exact) mass is 252 g/mol. The number of fused-ring (bicyclic) bond motifs is 1. The normalized spacial score (nSPS) is 10.8. The number of aromatic hydroxyl groups is 2. The third kappa shape index (κ3) is 1.97. The Morgan fingerprint density at radius 3 is 2.53 bits per heavy atom. The van der Waals surface area contributed by atoms with Crippen LogP contribution in [-0.4, -0.2) is 20.2 Å². The molecule has 0 aliphatic rings. The smallest absolute Gasteiger partial charge is 0.163 e. The molecule has 2 aromatic carbocycles. The molecule has 19 heavy (non-hydrogen) atoms. The second-order valence-corrected chi connectivity index (χ2v) is 4.35. The van der Waals surface area contributed by atoms with E-state index in [0.717, 1.165) is 16.6 Å². The number of para-hydroxylation sites is 1. The largest absolute Gasteiger partial charge is 0.508 e. The Morgan fingerprint density at radius 2 is 1.74 bits per heavy atom. The van der Waals surface area contributed by atoms with E-state index in [1.807, 2.05) is 31.2 Å². The molecule has 4 nitrogen and oxygen atoms in total. The zero-order valence-corrected chi connectivity index (χ0v) is 10.3. The number of phenolic OH excluding ortho intramolecular Hbond substituents is 2. The van der Waals surface area contributed by atoms with Crippen molar-refractivity contribution in [3.63, 3.8) is 0 Å². The first-order valence-corrected chi connectivity index (χ1v) is 5.91. The lowest BCUT2D eigenvalue weighted by Crippen LogP contribution is -1.94. The molecular weight excluding hydrogens is 240 g/mol. The average molecular weight is 252 g/mol. The second kappa shape index (κ2) is 4.24. The maximum atomic E-state index is 9.87. The third-order valence-electron chi connectivity index (χ3n) is 3.02. The van der Waals surface area contributed by atoms with Crippen LogP contribution in [-0.2, 0) is 0 Å².